The lowest BCUT2D eigenvalue weighted by Crippen LogP contribution is -2.42. The van der Waals surface area contributed by atoms with E-state index in [4.69, 9.17) is 11.6 Å². The van der Waals surface area contributed by atoms with E-state index in [1.54, 1.807) is 6.20 Å². The molecule has 0 aliphatic carbocycles. The molecule has 1 heterocycles. The van der Waals surface area contributed by atoms with E-state index in [1.165, 1.54) is 0 Å². The molecule has 2 rings (SSSR count). The fourth-order valence-corrected chi connectivity index (χ4v) is 3.78. The van der Waals surface area contributed by atoms with E-state index in [-0.39, 0.29) is 12.1 Å². The summed E-state index contributed by atoms with van der Waals surface area (Å²) in [5.74, 6) is 0. The average molecular weight is 454 g/mol. The van der Waals surface area contributed by atoms with Crippen LogP contribution in [0.1, 0.15) is 13.8 Å². The third-order valence-electron chi connectivity index (χ3n) is 3.35. The fourth-order valence-electron chi connectivity index (χ4n) is 2.11. The molecule has 0 fully saturated rings. The number of hydrogen-bond acceptors (Lipinski definition) is 4. The van der Waals surface area contributed by atoms with Gasteiger partial charge in [-0.15, -0.1) is 0 Å². The van der Waals surface area contributed by atoms with E-state index in [2.05, 4.69) is 37.6 Å². The zero-order valence-electron chi connectivity index (χ0n) is 12.4. The van der Waals surface area contributed by atoms with Crippen molar-refractivity contribution in [2.45, 2.75) is 25.9 Å². The average Bonchev–Trinajstić information content (AvgIpc) is 2.40. The van der Waals surface area contributed by atoms with Crippen molar-refractivity contribution < 1.29 is 8.42 Å². The van der Waals surface area contributed by atoms with E-state index in [1.807, 2.05) is 32.0 Å². The lowest BCUT2D eigenvalue weighted by atomic mass is 10.1. The Labute approximate surface area is 149 Å². The van der Waals surface area contributed by atoms with Crippen molar-refractivity contribution in [3.63, 3.8) is 0 Å². The Bertz CT molecular complexity index is 798. The van der Waals surface area contributed by atoms with Crippen LogP contribution in [-0.2, 0) is 10.0 Å². The molecular formula is C14H17ClIN3O2S. The standard InChI is InChI=1S/C14H17ClIN3O2S/c1-8(9(2)19-22(3,20)21)18-13-5-4-12(16)10-6-14(15)17-7-11(10)13/h4-9,18-19H,1-3H3/t8-,9+/m1/s1. The second-order valence-corrected chi connectivity index (χ2v) is 8.59. The second kappa shape index (κ2) is 6.86. The molecule has 5 nitrogen and oxygen atoms in total. The van der Waals surface area contributed by atoms with Gasteiger partial charge in [-0.3, -0.25) is 0 Å². The van der Waals surface area contributed by atoms with E-state index < -0.39 is 10.0 Å². The first kappa shape index (κ1) is 17.7. The maximum Gasteiger partial charge on any atom is 0.209 e. The molecule has 8 heteroatoms. The van der Waals surface area contributed by atoms with Crippen LogP contribution in [0.4, 0.5) is 5.69 Å². The van der Waals surface area contributed by atoms with Gasteiger partial charge in [0.1, 0.15) is 5.15 Å². The molecule has 0 amide bonds. The first-order chi connectivity index (χ1) is 10.2. The molecular weight excluding hydrogens is 437 g/mol. The summed E-state index contributed by atoms with van der Waals surface area (Å²) in [5.41, 5.74) is 0.897. The molecule has 0 saturated heterocycles. The van der Waals surface area contributed by atoms with Crippen molar-refractivity contribution in [1.29, 1.82) is 0 Å². The largest absolute Gasteiger partial charge is 0.380 e. The highest BCUT2D eigenvalue weighted by Gasteiger charge is 2.17. The SMILES string of the molecule is C[C@H](NS(C)(=O)=O)[C@@H](C)Nc1ccc(I)c2cc(Cl)ncc12. The number of aromatic nitrogens is 1. The molecule has 0 radical (unpaired) electrons. The van der Waals surface area contributed by atoms with Crippen LogP contribution in [0.5, 0.6) is 0 Å². The third kappa shape index (κ3) is 4.43. The third-order valence-corrected chi connectivity index (χ3v) is 5.29. The Hall–Kier alpha value is -0.640. The van der Waals surface area contributed by atoms with Crippen LogP contribution in [-0.4, -0.2) is 31.7 Å². The van der Waals surface area contributed by atoms with Crippen LogP contribution in [0.3, 0.4) is 0 Å². The van der Waals surface area contributed by atoms with Crippen molar-refractivity contribution >= 4 is 60.7 Å². The summed E-state index contributed by atoms with van der Waals surface area (Å²) in [6.45, 7) is 3.75. The Kier molecular flexibility index (Phi) is 5.52. The first-order valence-electron chi connectivity index (χ1n) is 6.65. The van der Waals surface area contributed by atoms with Crippen LogP contribution in [0.15, 0.2) is 24.4 Å². The molecule has 0 bridgehead atoms. The highest BCUT2D eigenvalue weighted by molar-refractivity contribution is 14.1. The van der Waals surface area contributed by atoms with Crippen molar-refractivity contribution in [2.75, 3.05) is 11.6 Å². The van der Waals surface area contributed by atoms with Gasteiger partial charge in [0.25, 0.3) is 0 Å². The van der Waals surface area contributed by atoms with Crippen molar-refractivity contribution in [3.05, 3.63) is 33.1 Å². The number of nitrogens with zero attached hydrogens (tertiary/aromatic N) is 1. The molecule has 0 aliphatic rings. The number of hydrogen-bond donors (Lipinski definition) is 2. The second-order valence-electron chi connectivity index (χ2n) is 5.26. The summed E-state index contributed by atoms with van der Waals surface area (Å²) < 4.78 is 26.3. The molecule has 120 valence electrons. The van der Waals surface area contributed by atoms with Gasteiger partial charge in [-0.2, -0.15) is 0 Å². The molecule has 2 aromatic rings. The monoisotopic (exact) mass is 453 g/mol. The molecule has 0 unspecified atom stereocenters. The van der Waals surface area contributed by atoms with Crippen LogP contribution < -0.4 is 10.0 Å². The Morgan fingerprint density at radius 3 is 2.55 bits per heavy atom. The quantitative estimate of drug-likeness (QED) is 0.539. The maximum atomic E-state index is 11.3. The number of fused-ring (bicyclic) bond motifs is 1. The predicted octanol–water partition coefficient (Wildman–Crippen LogP) is 3.23. The Morgan fingerprint density at radius 1 is 1.23 bits per heavy atom. The van der Waals surface area contributed by atoms with Crippen molar-refractivity contribution in [3.8, 4) is 0 Å². The number of halogens is 2. The molecule has 22 heavy (non-hydrogen) atoms. The molecule has 1 aromatic carbocycles. The van der Waals surface area contributed by atoms with E-state index in [0.29, 0.717) is 5.15 Å². The summed E-state index contributed by atoms with van der Waals surface area (Å²) in [5, 5.41) is 5.76. The number of benzene rings is 1. The normalized spacial score (nSPS) is 14.8. The highest BCUT2D eigenvalue weighted by Crippen LogP contribution is 2.29. The van der Waals surface area contributed by atoms with Gasteiger partial charge in [0.05, 0.1) is 6.26 Å². The van der Waals surface area contributed by atoms with Gasteiger partial charge in [-0.05, 0) is 54.6 Å². The number of rotatable bonds is 5. The minimum absolute atomic E-state index is 0.0892. The number of pyridine rings is 1. The predicted molar refractivity (Wildman–Crippen MR) is 100.0 cm³/mol. The van der Waals surface area contributed by atoms with E-state index >= 15 is 0 Å². The number of anilines is 1. The molecule has 0 spiro atoms. The lowest BCUT2D eigenvalue weighted by molar-refractivity contribution is 0.542. The van der Waals surface area contributed by atoms with E-state index in [9.17, 15) is 8.42 Å². The fraction of sp³-hybridized carbons (Fsp3) is 0.357. The van der Waals surface area contributed by atoms with Crippen molar-refractivity contribution in [2.24, 2.45) is 0 Å². The van der Waals surface area contributed by atoms with Crippen LogP contribution in [0.25, 0.3) is 10.8 Å². The van der Waals surface area contributed by atoms with Gasteiger partial charge in [0, 0.05) is 38.3 Å². The van der Waals surface area contributed by atoms with Gasteiger partial charge in [0.15, 0.2) is 0 Å². The number of sulfonamides is 1. The van der Waals surface area contributed by atoms with Gasteiger partial charge in [-0.1, -0.05) is 11.6 Å². The zero-order valence-corrected chi connectivity index (χ0v) is 16.1. The minimum Gasteiger partial charge on any atom is -0.380 e. The smallest absolute Gasteiger partial charge is 0.209 e. The first-order valence-corrected chi connectivity index (χ1v) is 10.00. The van der Waals surface area contributed by atoms with Crippen LogP contribution >= 0.6 is 34.2 Å². The summed E-state index contributed by atoms with van der Waals surface area (Å²) in [7, 11) is -3.24. The van der Waals surface area contributed by atoms with Gasteiger partial charge in [-0.25, -0.2) is 18.1 Å². The maximum absolute atomic E-state index is 11.3. The molecule has 0 aliphatic heterocycles. The Morgan fingerprint density at radius 2 is 1.91 bits per heavy atom. The van der Waals surface area contributed by atoms with Crippen molar-refractivity contribution in [1.82, 2.24) is 9.71 Å². The summed E-state index contributed by atoms with van der Waals surface area (Å²) >= 11 is 8.21. The van der Waals surface area contributed by atoms with Gasteiger partial charge >= 0.3 is 0 Å². The van der Waals surface area contributed by atoms with Crippen LogP contribution in [0.2, 0.25) is 5.15 Å². The summed E-state index contributed by atoms with van der Waals surface area (Å²) in [6, 6.07) is 5.44. The van der Waals surface area contributed by atoms with Gasteiger partial charge in [0.2, 0.25) is 10.0 Å². The zero-order chi connectivity index (χ0) is 16.5. The molecule has 1 aromatic heterocycles. The topological polar surface area (TPSA) is 71.1 Å². The van der Waals surface area contributed by atoms with E-state index in [0.717, 1.165) is 26.3 Å². The molecule has 2 N–H and O–H groups in total. The summed E-state index contributed by atoms with van der Waals surface area (Å²) in [6.07, 6.45) is 2.88. The van der Waals surface area contributed by atoms with Crippen LogP contribution in [0, 0.1) is 3.57 Å². The Balaban J connectivity index is 2.30. The minimum atomic E-state index is -3.24. The highest BCUT2D eigenvalue weighted by atomic mass is 127. The number of nitrogens with one attached hydrogen (secondary N) is 2. The molecule has 2 atom stereocenters. The summed E-state index contributed by atoms with van der Waals surface area (Å²) in [4.78, 5) is 4.13. The lowest BCUT2D eigenvalue weighted by Gasteiger charge is -2.23. The molecule has 0 saturated carbocycles. The van der Waals surface area contributed by atoms with Gasteiger partial charge < -0.3 is 5.32 Å².